The van der Waals surface area contributed by atoms with Crippen LogP contribution >= 0.6 is 0 Å². The maximum Gasteiger partial charge on any atom is 0.0521 e. The highest BCUT2D eigenvalue weighted by molar-refractivity contribution is 5.53. The largest absolute Gasteiger partial charge is 0.382 e. The number of aromatic nitrogens is 2. The number of hydrogen-bond acceptors (Lipinski definition) is 2. The summed E-state index contributed by atoms with van der Waals surface area (Å²) in [6.45, 7) is 3.21. The molecule has 2 aromatic rings. The number of nitrogens with zero attached hydrogens (tertiary/aromatic N) is 2. The van der Waals surface area contributed by atoms with Crippen molar-refractivity contribution in [3.63, 3.8) is 0 Å². The van der Waals surface area contributed by atoms with Crippen molar-refractivity contribution in [2.75, 3.05) is 5.32 Å². The first-order chi connectivity index (χ1) is 9.85. The Morgan fingerprint density at radius 2 is 2.25 bits per heavy atom. The first kappa shape index (κ1) is 13.2. The summed E-state index contributed by atoms with van der Waals surface area (Å²) < 4.78 is 2.05. The molecule has 0 spiro atoms. The third-order valence-corrected chi connectivity index (χ3v) is 4.06. The van der Waals surface area contributed by atoms with Crippen molar-refractivity contribution in [2.24, 2.45) is 0 Å². The average molecular weight is 269 g/mol. The lowest BCUT2D eigenvalue weighted by atomic mass is 9.94. The molecule has 3 nitrogen and oxygen atoms in total. The molecule has 0 saturated heterocycles. The molecule has 0 aliphatic carbocycles. The van der Waals surface area contributed by atoms with Gasteiger partial charge in [0.05, 0.1) is 6.20 Å². The van der Waals surface area contributed by atoms with E-state index in [1.54, 1.807) is 0 Å². The molecule has 0 saturated carbocycles. The van der Waals surface area contributed by atoms with Gasteiger partial charge in [0, 0.05) is 24.5 Å². The standard InChI is InChI=1S/C17H23N3/c1-2-11-20-13-14(12-18-20)7-9-16-10-8-15-5-3-4-6-17(15)19-16/h3-6,12-13,16,19H,2,7-11H2,1H3. The zero-order valence-electron chi connectivity index (χ0n) is 12.2. The van der Waals surface area contributed by atoms with Crippen molar-refractivity contribution >= 4 is 5.69 Å². The van der Waals surface area contributed by atoms with Crippen LogP contribution in [0.4, 0.5) is 5.69 Å². The summed E-state index contributed by atoms with van der Waals surface area (Å²) in [6.07, 6.45) is 10.1. The Morgan fingerprint density at radius 3 is 3.15 bits per heavy atom. The van der Waals surface area contributed by atoms with Gasteiger partial charge in [0.25, 0.3) is 0 Å². The average Bonchev–Trinajstić information content (AvgIpc) is 2.93. The molecule has 1 aliphatic heterocycles. The maximum atomic E-state index is 4.40. The molecule has 20 heavy (non-hydrogen) atoms. The smallest absolute Gasteiger partial charge is 0.0521 e. The van der Waals surface area contributed by atoms with Gasteiger partial charge >= 0.3 is 0 Å². The van der Waals surface area contributed by atoms with Crippen LogP contribution in [0.1, 0.15) is 37.3 Å². The fourth-order valence-electron chi connectivity index (χ4n) is 2.95. The van der Waals surface area contributed by atoms with E-state index in [4.69, 9.17) is 0 Å². The lowest BCUT2D eigenvalue weighted by Crippen LogP contribution is -2.25. The van der Waals surface area contributed by atoms with Crippen molar-refractivity contribution in [2.45, 2.75) is 51.6 Å². The fourth-order valence-corrected chi connectivity index (χ4v) is 2.95. The fraction of sp³-hybridized carbons (Fsp3) is 0.471. The molecule has 106 valence electrons. The summed E-state index contributed by atoms with van der Waals surface area (Å²) in [5.41, 5.74) is 4.14. The Bertz CT molecular complexity index is 559. The summed E-state index contributed by atoms with van der Waals surface area (Å²) in [5, 5.41) is 8.07. The van der Waals surface area contributed by atoms with Crippen LogP contribution in [-0.2, 0) is 19.4 Å². The van der Waals surface area contributed by atoms with Gasteiger partial charge in [-0.3, -0.25) is 4.68 Å². The first-order valence-electron chi connectivity index (χ1n) is 7.71. The van der Waals surface area contributed by atoms with Gasteiger partial charge in [0.1, 0.15) is 0 Å². The van der Waals surface area contributed by atoms with E-state index in [0.717, 1.165) is 19.4 Å². The van der Waals surface area contributed by atoms with Crippen LogP contribution in [0.2, 0.25) is 0 Å². The minimum absolute atomic E-state index is 0.597. The molecule has 1 atom stereocenters. The second-order valence-electron chi connectivity index (χ2n) is 5.69. The van der Waals surface area contributed by atoms with E-state index >= 15 is 0 Å². The highest BCUT2D eigenvalue weighted by atomic mass is 15.3. The molecule has 0 amide bonds. The van der Waals surface area contributed by atoms with Crippen LogP contribution in [0, 0.1) is 0 Å². The molecule has 3 rings (SSSR count). The van der Waals surface area contributed by atoms with E-state index in [-0.39, 0.29) is 0 Å². The summed E-state index contributed by atoms with van der Waals surface area (Å²) in [7, 11) is 0. The molecule has 0 bridgehead atoms. The molecule has 2 heterocycles. The minimum Gasteiger partial charge on any atom is -0.382 e. The van der Waals surface area contributed by atoms with Gasteiger partial charge in [-0.05, 0) is 49.3 Å². The quantitative estimate of drug-likeness (QED) is 0.898. The number of aryl methyl sites for hydroxylation is 3. The van der Waals surface area contributed by atoms with Crippen LogP contribution in [0.25, 0.3) is 0 Å². The van der Waals surface area contributed by atoms with E-state index in [1.165, 1.54) is 36.1 Å². The second-order valence-corrected chi connectivity index (χ2v) is 5.69. The van der Waals surface area contributed by atoms with Gasteiger partial charge in [0.2, 0.25) is 0 Å². The van der Waals surface area contributed by atoms with Crippen molar-refractivity contribution in [1.82, 2.24) is 9.78 Å². The van der Waals surface area contributed by atoms with Crippen LogP contribution in [0.3, 0.4) is 0 Å². The molecule has 0 radical (unpaired) electrons. The lowest BCUT2D eigenvalue weighted by Gasteiger charge is -2.26. The second kappa shape index (κ2) is 6.12. The number of hydrogen-bond donors (Lipinski definition) is 1. The molecule has 1 aromatic carbocycles. The Balaban J connectivity index is 1.54. The third-order valence-electron chi connectivity index (χ3n) is 4.06. The van der Waals surface area contributed by atoms with Crippen LogP contribution < -0.4 is 5.32 Å². The minimum atomic E-state index is 0.597. The molecule has 3 heteroatoms. The predicted octanol–water partition coefficient (Wildman–Crippen LogP) is 3.65. The molecule has 1 unspecified atom stereocenters. The summed E-state index contributed by atoms with van der Waals surface area (Å²) in [5.74, 6) is 0. The van der Waals surface area contributed by atoms with Crippen LogP contribution in [0.5, 0.6) is 0 Å². The highest BCUT2D eigenvalue weighted by Crippen LogP contribution is 2.26. The Morgan fingerprint density at radius 1 is 1.35 bits per heavy atom. The number of nitrogens with one attached hydrogen (secondary N) is 1. The number of anilines is 1. The van der Waals surface area contributed by atoms with Crippen molar-refractivity contribution in [1.29, 1.82) is 0 Å². The van der Waals surface area contributed by atoms with E-state index in [2.05, 4.69) is 52.5 Å². The Hall–Kier alpha value is -1.77. The van der Waals surface area contributed by atoms with Gasteiger partial charge in [-0.15, -0.1) is 0 Å². The molecule has 1 aliphatic rings. The van der Waals surface area contributed by atoms with Gasteiger partial charge < -0.3 is 5.32 Å². The molecular weight excluding hydrogens is 246 g/mol. The molecular formula is C17H23N3. The Kier molecular flexibility index (Phi) is 4.05. The zero-order chi connectivity index (χ0) is 13.8. The van der Waals surface area contributed by atoms with Crippen molar-refractivity contribution in [3.8, 4) is 0 Å². The summed E-state index contributed by atoms with van der Waals surface area (Å²) in [4.78, 5) is 0. The van der Waals surface area contributed by atoms with Crippen molar-refractivity contribution in [3.05, 3.63) is 47.8 Å². The maximum absolute atomic E-state index is 4.40. The van der Waals surface area contributed by atoms with E-state index in [9.17, 15) is 0 Å². The lowest BCUT2D eigenvalue weighted by molar-refractivity contribution is 0.584. The van der Waals surface area contributed by atoms with E-state index in [0.29, 0.717) is 6.04 Å². The SMILES string of the molecule is CCCn1cc(CCC2CCc3ccccc3N2)cn1. The highest BCUT2D eigenvalue weighted by Gasteiger charge is 2.16. The first-order valence-corrected chi connectivity index (χ1v) is 7.71. The molecule has 1 aromatic heterocycles. The number of rotatable bonds is 5. The normalized spacial score (nSPS) is 17.6. The van der Waals surface area contributed by atoms with Gasteiger partial charge in [-0.1, -0.05) is 25.1 Å². The molecule has 1 N–H and O–H groups in total. The molecule has 0 fully saturated rings. The monoisotopic (exact) mass is 269 g/mol. The third kappa shape index (κ3) is 3.03. The zero-order valence-corrected chi connectivity index (χ0v) is 12.2. The summed E-state index contributed by atoms with van der Waals surface area (Å²) >= 11 is 0. The number of para-hydroxylation sites is 1. The Labute approximate surface area is 121 Å². The van der Waals surface area contributed by atoms with Crippen LogP contribution in [0.15, 0.2) is 36.7 Å². The summed E-state index contributed by atoms with van der Waals surface area (Å²) in [6, 6.07) is 9.26. The van der Waals surface area contributed by atoms with Gasteiger partial charge in [-0.2, -0.15) is 5.10 Å². The van der Waals surface area contributed by atoms with Gasteiger partial charge in [0.15, 0.2) is 0 Å². The predicted molar refractivity (Wildman–Crippen MR) is 83.0 cm³/mol. The van der Waals surface area contributed by atoms with Gasteiger partial charge in [-0.25, -0.2) is 0 Å². The van der Waals surface area contributed by atoms with Crippen molar-refractivity contribution < 1.29 is 0 Å². The topological polar surface area (TPSA) is 29.9 Å². The van der Waals surface area contributed by atoms with E-state index in [1.807, 2.05) is 6.20 Å². The number of fused-ring (bicyclic) bond motifs is 1. The van der Waals surface area contributed by atoms with E-state index < -0.39 is 0 Å². The van der Waals surface area contributed by atoms with Crippen LogP contribution in [-0.4, -0.2) is 15.8 Å². The number of benzene rings is 1.